The Morgan fingerprint density at radius 2 is 1.51 bits per heavy atom. The molecule has 0 aliphatic heterocycles. The van der Waals surface area contributed by atoms with Gasteiger partial charge in [-0.15, -0.1) is 0 Å². The first-order valence-corrected chi connectivity index (χ1v) is 15.8. The molecule has 3 aromatic carbocycles. The number of nitrogens with one attached hydrogen (secondary N) is 1. The Morgan fingerprint density at radius 1 is 0.902 bits per heavy atom. The molecule has 0 bridgehead atoms. The summed E-state index contributed by atoms with van der Waals surface area (Å²) in [7, 11) is -4.31. The predicted molar refractivity (Wildman–Crippen MR) is 167 cm³/mol. The van der Waals surface area contributed by atoms with Crippen molar-refractivity contribution in [3.8, 4) is 0 Å². The average Bonchev–Trinajstić information content (AvgIpc) is 2.92. The molecule has 3 aromatic rings. The van der Waals surface area contributed by atoms with Gasteiger partial charge in [-0.05, 0) is 69.7 Å². The van der Waals surface area contributed by atoms with Gasteiger partial charge in [0.05, 0.1) is 15.6 Å². The number of sulfonamides is 1. The van der Waals surface area contributed by atoms with Crippen molar-refractivity contribution < 1.29 is 18.0 Å². The van der Waals surface area contributed by atoms with Crippen LogP contribution < -0.4 is 9.62 Å². The van der Waals surface area contributed by atoms with Crippen LogP contribution in [0.3, 0.4) is 0 Å². The fourth-order valence-electron chi connectivity index (χ4n) is 3.93. The average molecular weight is 659 g/mol. The highest BCUT2D eigenvalue weighted by molar-refractivity contribution is 7.92. The molecule has 7 nitrogen and oxygen atoms in total. The molecule has 0 aliphatic carbocycles. The molecule has 220 valence electrons. The lowest BCUT2D eigenvalue weighted by Crippen LogP contribution is -2.52. The molecule has 2 amide bonds. The fourth-order valence-corrected chi connectivity index (χ4v) is 6.31. The molecule has 41 heavy (non-hydrogen) atoms. The second-order valence-electron chi connectivity index (χ2n) is 9.64. The van der Waals surface area contributed by atoms with Crippen LogP contribution in [0.5, 0.6) is 0 Å². The number of nitrogens with zero attached hydrogens (tertiary/aromatic N) is 2. The summed E-state index contributed by atoms with van der Waals surface area (Å²) in [6.07, 6.45) is 0.679. The Morgan fingerprint density at radius 3 is 2.10 bits per heavy atom. The third-order valence-electron chi connectivity index (χ3n) is 6.62. The van der Waals surface area contributed by atoms with E-state index in [2.05, 4.69) is 5.32 Å². The van der Waals surface area contributed by atoms with Gasteiger partial charge in [-0.2, -0.15) is 0 Å². The molecule has 0 saturated heterocycles. The van der Waals surface area contributed by atoms with Gasteiger partial charge in [0.15, 0.2) is 0 Å². The molecule has 2 atom stereocenters. The maximum Gasteiger partial charge on any atom is 0.264 e. The second kappa shape index (κ2) is 14.1. The van der Waals surface area contributed by atoms with Crippen LogP contribution in [-0.4, -0.2) is 43.8 Å². The largest absolute Gasteiger partial charge is 0.352 e. The Labute approximate surface area is 261 Å². The number of carbonyl (C=O) groups excluding carboxylic acids is 2. The summed E-state index contributed by atoms with van der Waals surface area (Å²) in [6.45, 7) is 6.33. The highest BCUT2D eigenvalue weighted by Gasteiger charge is 2.34. The van der Waals surface area contributed by atoms with E-state index >= 15 is 0 Å². The molecule has 0 aliphatic rings. The van der Waals surface area contributed by atoms with Crippen LogP contribution >= 0.6 is 46.4 Å². The monoisotopic (exact) mass is 657 g/mol. The van der Waals surface area contributed by atoms with Crippen molar-refractivity contribution in [1.82, 2.24) is 10.2 Å². The molecule has 12 heteroatoms. The van der Waals surface area contributed by atoms with Gasteiger partial charge in [-0.25, -0.2) is 8.42 Å². The van der Waals surface area contributed by atoms with Crippen LogP contribution in [0.4, 0.5) is 5.69 Å². The van der Waals surface area contributed by atoms with E-state index in [1.54, 1.807) is 37.3 Å². The highest BCUT2D eigenvalue weighted by Crippen LogP contribution is 2.34. The third kappa shape index (κ3) is 8.08. The first-order valence-electron chi connectivity index (χ1n) is 12.8. The minimum atomic E-state index is -4.31. The quantitative estimate of drug-likeness (QED) is 0.237. The second-order valence-corrected chi connectivity index (χ2v) is 13.2. The Hall–Kier alpha value is -2.49. The van der Waals surface area contributed by atoms with Gasteiger partial charge in [-0.1, -0.05) is 77.1 Å². The molecule has 0 saturated carbocycles. The number of hydrogen-bond donors (Lipinski definition) is 1. The van der Waals surface area contributed by atoms with Crippen molar-refractivity contribution in [3.05, 3.63) is 91.9 Å². The van der Waals surface area contributed by atoms with Gasteiger partial charge in [0, 0.05) is 33.2 Å². The smallest absolute Gasteiger partial charge is 0.264 e. The van der Waals surface area contributed by atoms with Crippen molar-refractivity contribution in [3.63, 3.8) is 0 Å². The van der Waals surface area contributed by atoms with Crippen LogP contribution in [0.25, 0.3) is 0 Å². The number of rotatable bonds is 11. The molecular formula is C29H31Cl4N3O4S. The molecule has 1 N–H and O–H groups in total. The van der Waals surface area contributed by atoms with Crippen LogP contribution in [0.2, 0.25) is 20.1 Å². The summed E-state index contributed by atoms with van der Waals surface area (Å²) >= 11 is 25.5. The molecule has 0 radical (unpaired) electrons. The van der Waals surface area contributed by atoms with E-state index in [-0.39, 0.29) is 33.2 Å². The first-order chi connectivity index (χ1) is 19.3. The lowest BCUT2D eigenvalue weighted by molar-refractivity contribution is -0.139. The normalized spacial score (nSPS) is 12.9. The number of halogens is 4. The Kier molecular flexibility index (Phi) is 11.4. The third-order valence-corrected chi connectivity index (χ3v) is 9.66. The molecule has 0 fully saturated rings. The van der Waals surface area contributed by atoms with Gasteiger partial charge in [0.1, 0.15) is 12.6 Å². The number of aryl methyl sites for hydroxylation is 1. The highest BCUT2D eigenvalue weighted by atomic mass is 35.5. The molecule has 0 unspecified atom stereocenters. The predicted octanol–water partition coefficient (Wildman–Crippen LogP) is 7.14. The first kappa shape index (κ1) is 33.0. The minimum Gasteiger partial charge on any atom is -0.352 e. The van der Waals surface area contributed by atoms with Gasteiger partial charge in [0.2, 0.25) is 11.8 Å². The van der Waals surface area contributed by atoms with E-state index in [1.807, 2.05) is 20.8 Å². The minimum absolute atomic E-state index is 0.0144. The number of amides is 2. The molecule has 0 spiro atoms. The summed E-state index contributed by atoms with van der Waals surface area (Å²) < 4.78 is 28.8. The number of anilines is 1. The van der Waals surface area contributed by atoms with E-state index in [9.17, 15) is 18.0 Å². The maximum atomic E-state index is 14.1. The summed E-state index contributed by atoms with van der Waals surface area (Å²) in [4.78, 5) is 28.4. The van der Waals surface area contributed by atoms with E-state index in [0.29, 0.717) is 22.0 Å². The lowest BCUT2D eigenvalue weighted by Gasteiger charge is -2.33. The fraction of sp³-hybridized carbons (Fsp3) is 0.310. The van der Waals surface area contributed by atoms with Crippen molar-refractivity contribution >= 4 is 73.9 Å². The number of hydrogen-bond acceptors (Lipinski definition) is 4. The SMILES string of the molecule is CC[C@@H](C)NC(=O)[C@H](C)N(Cc1c(Cl)cccc1Cl)C(=O)CN(c1cc(Cl)ccc1Cl)S(=O)(=O)c1ccc(C)cc1. The van der Waals surface area contributed by atoms with Gasteiger partial charge in [0.25, 0.3) is 10.0 Å². The van der Waals surface area contributed by atoms with Crippen LogP contribution in [0.1, 0.15) is 38.3 Å². The zero-order valence-corrected chi connectivity index (χ0v) is 26.8. The van der Waals surface area contributed by atoms with E-state index in [4.69, 9.17) is 46.4 Å². The van der Waals surface area contributed by atoms with E-state index < -0.39 is 34.4 Å². The topological polar surface area (TPSA) is 86.8 Å². The molecule has 3 rings (SSSR count). The van der Waals surface area contributed by atoms with Crippen LogP contribution in [0.15, 0.2) is 65.6 Å². The van der Waals surface area contributed by atoms with Crippen LogP contribution in [0, 0.1) is 6.92 Å². The maximum absolute atomic E-state index is 14.1. The Bertz CT molecular complexity index is 1500. The summed E-state index contributed by atoms with van der Waals surface area (Å²) in [6, 6.07) is 14.3. The summed E-state index contributed by atoms with van der Waals surface area (Å²) in [5.41, 5.74) is 1.29. The van der Waals surface area contributed by atoms with Crippen LogP contribution in [-0.2, 0) is 26.2 Å². The van der Waals surface area contributed by atoms with Crippen molar-refractivity contribution in [2.45, 2.75) is 57.6 Å². The van der Waals surface area contributed by atoms with Gasteiger partial charge in [-0.3, -0.25) is 13.9 Å². The number of carbonyl (C=O) groups is 2. The van der Waals surface area contributed by atoms with Crippen molar-refractivity contribution in [2.75, 3.05) is 10.8 Å². The standard InChI is InChI=1S/C29H31Cl4N3O4S/c1-5-19(3)34-29(38)20(4)35(16-23-24(31)7-6-8-25(23)32)28(37)17-36(27-15-21(30)11-14-26(27)33)41(39,40)22-12-9-18(2)10-13-22/h6-15,19-20H,5,16-17H2,1-4H3,(H,34,38)/t19-,20+/m1/s1. The van der Waals surface area contributed by atoms with Gasteiger partial charge >= 0.3 is 0 Å². The van der Waals surface area contributed by atoms with E-state index in [0.717, 1.165) is 9.87 Å². The van der Waals surface area contributed by atoms with E-state index in [1.165, 1.54) is 35.2 Å². The number of benzene rings is 3. The zero-order chi connectivity index (χ0) is 30.5. The molecule has 0 heterocycles. The van der Waals surface area contributed by atoms with Crippen molar-refractivity contribution in [2.24, 2.45) is 0 Å². The molecule has 0 aromatic heterocycles. The summed E-state index contributed by atoms with van der Waals surface area (Å²) in [5.74, 6) is -1.09. The lowest BCUT2D eigenvalue weighted by atomic mass is 10.1. The molecular weight excluding hydrogens is 628 g/mol. The summed E-state index contributed by atoms with van der Waals surface area (Å²) in [5, 5.41) is 3.76. The Balaban J connectivity index is 2.11. The zero-order valence-electron chi connectivity index (χ0n) is 23.0. The van der Waals surface area contributed by atoms with Gasteiger partial charge < -0.3 is 10.2 Å². The van der Waals surface area contributed by atoms with Crippen molar-refractivity contribution in [1.29, 1.82) is 0 Å².